The van der Waals surface area contributed by atoms with Crippen molar-refractivity contribution in [3.63, 3.8) is 0 Å². The molecule has 240 valence electrons. The monoisotopic (exact) mass is 644 g/mol. The first-order valence-corrected chi connectivity index (χ1v) is 16.3. The smallest absolute Gasteiger partial charge is 0.302 e. The molecule has 0 saturated heterocycles. The van der Waals surface area contributed by atoms with Gasteiger partial charge in [-0.25, -0.2) is 4.39 Å². The first-order chi connectivity index (χ1) is 21.9. The number of likely N-dealkylation sites (N-methyl/N-ethyl adjacent to an activating group) is 1. The van der Waals surface area contributed by atoms with Crippen LogP contribution in [0.3, 0.4) is 0 Å². The van der Waals surface area contributed by atoms with E-state index in [4.69, 9.17) is 4.74 Å². The van der Waals surface area contributed by atoms with Gasteiger partial charge < -0.3 is 19.5 Å². The molecule has 0 unspecified atom stereocenters. The van der Waals surface area contributed by atoms with Gasteiger partial charge in [0.15, 0.2) is 5.82 Å². The van der Waals surface area contributed by atoms with Gasteiger partial charge in [-0.2, -0.15) is 5.10 Å². The zero-order valence-corrected chi connectivity index (χ0v) is 27.5. The molecule has 5 heterocycles. The maximum Gasteiger partial charge on any atom is 0.302 e. The molecular formula is C34H37FN6O4S. The Hall–Kier alpha value is -4.29. The van der Waals surface area contributed by atoms with Crippen LogP contribution in [0.1, 0.15) is 57.7 Å². The average molecular weight is 645 g/mol. The van der Waals surface area contributed by atoms with Crippen molar-refractivity contribution in [3.8, 4) is 11.1 Å². The third-order valence-corrected chi connectivity index (χ3v) is 10.4. The summed E-state index contributed by atoms with van der Waals surface area (Å²) in [6, 6.07) is 6.28. The van der Waals surface area contributed by atoms with Crippen LogP contribution in [0.5, 0.6) is 0 Å². The number of fused-ring (bicyclic) bond motifs is 4. The number of esters is 1. The van der Waals surface area contributed by atoms with Crippen molar-refractivity contribution in [2.45, 2.75) is 59.7 Å². The number of pyridine rings is 1. The quantitative estimate of drug-likeness (QED) is 0.294. The number of aryl methyl sites for hydroxylation is 1. The van der Waals surface area contributed by atoms with Crippen LogP contribution in [0.4, 0.5) is 21.6 Å². The summed E-state index contributed by atoms with van der Waals surface area (Å²) in [5, 5.41) is 7.81. The van der Waals surface area contributed by atoms with Crippen molar-refractivity contribution >= 4 is 40.4 Å². The molecule has 1 aromatic carbocycles. The van der Waals surface area contributed by atoms with Crippen molar-refractivity contribution in [2.24, 2.45) is 12.5 Å². The van der Waals surface area contributed by atoms with Crippen molar-refractivity contribution in [1.82, 2.24) is 19.2 Å². The number of carbonyl (C=O) groups is 2. The second-order valence-electron chi connectivity index (χ2n) is 13.4. The molecule has 7 rings (SSSR count). The summed E-state index contributed by atoms with van der Waals surface area (Å²) < 4.78 is 24.4. The number of benzene rings is 1. The highest BCUT2D eigenvalue weighted by molar-refractivity contribution is 7.14. The molecule has 12 heteroatoms. The summed E-state index contributed by atoms with van der Waals surface area (Å²) in [6.07, 6.45) is 4.18. The Morgan fingerprint density at radius 1 is 1.09 bits per heavy atom. The zero-order chi connectivity index (χ0) is 32.5. The van der Waals surface area contributed by atoms with Gasteiger partial charge in [0, 0.05) is 61.9 Å². The second-order valence-corrected chi connectivity index (χ2v) is 14.5. The predicted octanol–water partition coefficient (Wildman–Crippen LogP) is 5.03. The molecular weight excluding hydrogens is 607 g/mol. The molecule has 0 saturated carbocycles. The standard InChI is InChI=1S/C34H37FN6O4S/c1-19(42)45-18-26-24(20-10-27(32(43)39(5)16-20)36-30-13-22-17-38(4)8-9-41(22)37-30)11-21(35)12-28(26)40-7-6-23-25-14-34(2,3)15-29(25)46-31(23)33(40)44/h10-13,16H,6-9,14-15,17-18H2,1-5H3,(H,36,37). The summed E-state index contributed by atoms with van der Waals surface area (Å²) in [4.78, 5) is 45.1. The number of amides is 1. The number of nitrogens with zero attached hydrogens (tertiary/aromatic N) is 5. The Morgan fingerprint density at radius 3 is 2.67 bits per heavy atom. The van der Waals surface area contributed by atoms with Crippen LogP contribution in [0, 0.1) is 11.2 Å². The van der Waals surface area contributed by atoms with Crippen molar-refractivity contribution in [3.05, 3.63) is 78.8 Å². The number of nitrogens with one attached hydrogen (secondary N) is 1. The second kappa shape index (κ2) is 11.2. The molecule has 10 nitrogen and oxygen atoms in total. The van der Waals surface area contributed by atoms with Gasteiger partial charge in [-0.15, -0.1) is 11.3 Å². The number of hydrogen-bond acceptors (Lipinski definition) is 8. The number of anilines is 3. The predicted molar refractivity (Wildman–Crippen MR) is 175 cm³/mol. The maximum absolute atomic E-state index is 15.5. The Balaban J connectivity index is 1.29. The summed E-state index contributed by atoms with van der Waals surface area (Å²) in [5.41, 5.74) is 5.42. The van der Waals surface area contributed by atoms with Gasteiger partial charge in [0.1, 0.15) is 18.1 Å². The van der Waals surface area contributed by atoms with E-state index in [1.807, 2.05) is 17.8 Å². The molecule has 1 aliphatic carbocycles. The molecule has 0 radical (unpaired) electrons. The highest BCUT2D eigenvalue weighted by Crippen LogP contribution is 2.46. The summed E-state index contributed by atoms with van der Waals surface area (Å²) in [5.74, 6) is -0.667. The van der Waals surface area contributed by atoms with Gasteiger partial charge in [-0.1, -0.05) is 13.8 Å². The molecule has 1 N–H and O–H groups in total. The van der Waals surface area contributed by atoms with Crippen LogP contribution in [-0.2, 0) is 55.5 Å². The van der Waals surface area contributed by atoms with Gasteiger partial charge in [-0.3, -0.25) is 24.0 Å². The van der Waals surface area contributed by atoms with Gasteiger partial charge in [0.2, 0.25) is 0 Å². The number of ether oxygens (including phenoxy) is 1. The molecule has 0 fully saturated rings. The van der Waals surface area contributed by atoms with Crippen LogP contribution >= 0.6 is 11.3 Å². The van der Waals surface area contributed by atoms with Crippen LogP contribution in [0.25, 0.3) is 11.1 Å². The lowest BCUT2D eigenvalue weighted by Gasteiger charge is -2.30. The topological polar surface area (TPSA) is 102 Å². The SMILES string of the molecule is CC(=O)OCc1c(-c2cc(Nc3cc4n(n3)CCN(C)C4)c(=O)n(C)c2)cc(F)cc1N1CCc2c(sc3c2CC(C)(C)C3)C1=O. The normalized spacial score (nSPS) is 17.1. The fourth-order valence-electron chi connectivity index (χ4n) is 6.98. The third-order valence-electron chi connectivity index (χ3n) is 9.17. The fraction of sp³-hybridized carbons (Fsp3) is 0.412. The minimum Gasteiger partial charge on any atom is -0.461 e. The Bertz CT molecular complexity index is 1970. The lowest BCUT2D eigenvalue weighted by atomic mass is 9.89. The zero-order valence-electron chi connectivity index (χ0n) is 26.7. The van der Waals surface area contributed by atoms with Crippen molar-refractivity contribution in [1.29, 1.82) is 0 Å². The van der Waals surface area contributed by atoms with Crippen LogP contribution in [0.15, 0.2) is 35.3 Å². The van der Waals surface area contributed by atoms with Gasteiger partial charge in [-0.05, 0) is 66.6 Å². The van der Waals surface area contributed by atoms with Crippen LogP contribution in [-0.4, -0.2) is 51.3 Å². The molecule has 3 aliphatic rings. The van der Waals surface area contributed by atoms with Gasteiger partial charge in [0.05, 0.1) is 22.8 Å². The van der Waals surface area contributed by atoms with Gasteiger partial charge >= 0.3 is 5.97 Å². The average Bonchev–Trinajstić information content (AvgIpc) is 3.63. The Labute approximate surface area is 270 Å². The Kier molecular flexibility index (Phi) is 7.39. The Morgan fingerprint density at radius 2 is 1.89 bits per heavy atom. The number of rotatable bonds is 6. The number of carbonyl (C=O) groups excluding carboxylic acids is 2. The summed E-state index contributed by atoms with van der Waals surface area (Å²) >= 11 is 1.55. The lowest BCUT2D eigenvalue weighted by Crippen LogP contribution is -2.38. The number of aromatic nitrogens is 3. The van der Waals surface area contributed by atoms with Crippen LogP contribution in [0.2, 0.25) is 0 Å². The number of halogens is 1. The van der Waals surface area contributed by atoms with Crippen molar-refractivity contribution in [2.75, 3.05) is 30.4 Å². The molecule has 0 spiro atoms. The number of hydrogen-bond donors (Lipinski definition) is 1. The molecule has 4 aromatic rings. The largest absolute Gasteiger partial charge is 0.461 e. The van der Waals surface area contributed by atoms with E-state index in [-0.39, 0.29) is 29.2 Å². The van der Waals surface area contributed by atoms with E-state index in [0.717, 1.165) is 43.7 Å². The van der Waals surface area contributed by atoms with Crippen molar-refractivity contribution < 1.29 is 18.7 Å². The van der Waals surface area contributed by atoms with E-state index in [9.17, 15) is 14.4 Å². The lowest BCUT2D eigenvalue weighted by molar-refractivity contribution is -0.142. The highest BCUT2D eigenvalue weighted by atomic mass is 32.1. The minimum atomic E-state index is -0.542. The molecule has 2 aliphatic heterocycles. The van der Waals surface area contributed by atoms with E-state index in [1.165, 1.54) is 34.1 Å². The fourth-order valence-corrected chi connectivity index (χ4v) is 8.56. The van der Waals surface area contributed by atoms with Crippen LogP contribution < -0.4 is 15.8 Å². The molecule has 46 heavy (non-hydrogen) atoms. The third kappa shape index (κ3) is 5.43. The van der Waals surface area contributed by atoms with E-state index in [2.05, 4.69) is 29.2 Å². The molecule has 0 bridgehead atoms. The highest BCUT2D eigenvalue weighted by Gasteiger charge is 2.39. The molecule has 1 amide bonds. The maximum atomic E-state index is 15.5. The van der Waals surface area contributed by atoms with Gasteiger partial charge in [0.25, 0.3) is 11.5 Å². The van der Waals surface area contributed by atoms with E-state index in [1.54, 1.807) is 35.5 Å². The first kappa shape index (κ1) is 30.4. The molecule has 3 aromatic heterocycles. The molecule has 0 atom stereocenters. The first-order valence-electron chi connectivity index (χ1n) is 15.5. The number of thiophene rings is 1. The summed E-state index contributed by atoms with van der Waals surface area (Å²) in [6.45, 7) is 8.41. The summed E-state index contributed by atoms with van der Waals surface area (Å²) in [7, 11) is 3.68. The van der Waals surface area contributed by atoms with E-state index < -0.39 is 11.8 Å². The van der Waals surface area contributed by atoms with E-state index >= 15 is 4.39 Å². The van der Waals surface area contributed by atoms with E-state index in [0.29, 0.717) is 46.0 Å². The minimum absolute atomic E-state index is 0.168.